The number of aromatic nitrogens is 5. The Labute approximate surface area is 218 Å². The van der Waals surface area contributed by atoms with E-state index in [1.165, 1.54) is 17.1 Å². The molecule has 4 aromatic rings. The van der Waals surface area contributed by atoms with Crippen molar-refractivity contribution in [2.24, 2.45) is 5.92 Å². The summed E-state index contributed by atoms with van der Waals surface area (Å²) in [6.45, 7) is 1.14. The van der Waals surface area contributed by atoms with Crippen molar-refractivity contribution in [3.63, 3.8) is 0 Å². The smallest absolute Gasteiger partial charge is 0.264 e. The fourth-order valence-corrected chi connectivity index (χ4v) is 4.91. The standard InChI is InChI=1S/C27H29N7O4/c1-38-23-8-7-20(14-28-23)31-19-3-2-4-21(13-19)34-24-22(15-30-34)26(36)33(17-29-24)16-27(37)9-11-32(12-10-27)25(35)18-5-6-18/h2-4,7-8,13-15,17-18,31,37H,5-6,9-12,16H2,1H3. The summed E-state index contributed by atoms with van der Waals surface area (Å²) in [6.07, 6.45) is 7.45. The lowest BCUT2D eigenvalue weighted by Gasteiger charge is -2.38. The molecule has 3 aromatic heterocycles. The molecule has 4 heterocycles. The molecule has 0 unspecified atom stereocenters. The van der Waals surface area contributed by atoms with Crippen molar-refractivity contribution < 1.29 is 14.6 Å². The number of amides is 1. The molecule has 0 radical (unpaired) electrons. The fraction of sp³-hybridized carbons (Fsp3) is 0.370. The summed E-state index contributed by atoms with van der Waals surface area (Å²) in [5.74, 6) is 0.896. The third-order valence-electron chi connectivity index (χ3n) is 7.28. The fourth-order valence-electron chi connectivity index (χ4n) is 4.91. The van der Waals surface area contributed by atoms with Gasteiger partial charge < -0.3 is 20.1 Å². The van der Waals surface area contributed by atoms with Crippen molar-refractivity contribution in [1.29, 1.82) is 0 Å². The number of piperidine rings is 1. The van der Waals surface area contributed by atoms with Gasteiger partial charge in [-0.05, 0) is 49.9 Å². The number of pyridine rings is 1. The Kier molecular flexibility index (Phi) is 6.07. The van der Waals surface area contributed by atoms with Crippen LogP contribution in [0.4, 0.5) is 11.4 Å². The molecule has 11 heteroatoms. The molecule has 0 atom stereocenters. The van der Waals surface area contributed by atoms with Gasteiger partial charge in [-0.25, -0.2) is 14.6 Å². The zero-order chi connectivity index (χ0) is 26.3. The van der Waals surface area contributed by atoms with Gasteiger partial charge in [0.25, 0.3) is 5.56 Å². The molecule has 1 aromatic carbocycles. The first-order chi connectivity index (χ1) is 18.4. The first kappa shape index (κ1) is 24.1. The van der Waals surface area contributed by atoms with Crippen molar-refractivity contribution in [3.8, 4) is 11.6 Å². The summed E-state index contributed by atoms with van der Waals surface area (Å²) in [5, 5.41) is 19.3. The third kappa shape index (κ3) is 4.72. The molecule has 1 aliphatic carbocycles. The minimum Gasteiger partial charge on any atom is -0.481 e. The molecule has 1 saturated heterocycles. The highest BCUT2D eigenvalue weighted by Crippen LogP contribution is 2.33. The first-order valence-corrected chi connectivity index (χ1v) is 12.7. The minimum absolute atomic E-state index is 0.126. The molecule has 2 fully saturated rings. The van der Waals surface area contributed by atoms with E-state index in [1.54, 1.807) is 24.1 Å². The van der Waals surface area contributed by atoms with E-state index in [9.17, 15) is 14.7 Å². The minimum atomic E-state index is -1.06. The zero-order valence-electron chi connectivity index (χ0n) is 21.1. The highest BCUT2D eigenvalue weighted by atomic mass is 16.5. The maximum Gasteiger partial charge on any atom is 0.264 e. The number of aliphatic hydroxyl groups is 1. The average Bonchev–Trinajstić information content (AvgIpc) is 3.69. The highest BCUT2D eigenvalue weighted by Gasteiger charge is 2.39. The van der Waals surface area contributed by atoms with Gasteiger partial charge in [0.1, 0.15) is 11.7 Å². The van der Waals surface area contributed by atoms with E-state index in [-0.39, 0.29) is 23.9 Å². The van der Waals surface area contributed by atoms with E-state index in [4.69, 9.17) is 4.74 Å². The normalized spacial score (nSPS) is 16.9. The lowest BCUT2D eigenvalue weighted by Crippen LogP contribution is -2.50. The van der Waals surface area contributed by atoms with E-state index < -0.39 is 5.60 Å². The number of hydrogen-bond acceptors (Lipinski definition) is 8. The van der Waals surface area contributed by atoms with Crippen LogP contribution in [0.1, 0.15) is 25.7 Å². The van der Waals surface area contributed by atoms with Crippen LogP contribution < -0.4 is 15.6 Å². The van der Waals surface area contributed by atoms with Crippen LogP contribution in [0.5, 0.6) is 5.88 Å². The lowest BCUT2D eigenvalue weighted by atomic mass is 9.91. The van der Waals surface area contributed by atoms with E-state index in [2.05, 4.69) is 20.4 Å². The van der Waals surface area contributed by atoms with Gasteiger partial charge in [-0.2, -0.15) is 5.10 Å². The topological polar surface area (TPSA) is 127 Å². The molecule has 6 rings (SSSR count). The van der Waals surface area contributed by atoms with Crippen molar-refractivity contribution in [2.75, 3.05) is 25.5 Å². The second-order valence-corrected chi connectivity index (χ2v) is 10.1. The average molecular weight is 516 g/mol. The van der Waals surface area contributed by atoms with Crippen molar-refractivity contribution in [1.82, 2.24) is 29.2 Å². The van der Waals surface area contributed by atoms with Crippen LogP contribution in [0.3, 0.4) is 0 Å². The monoisotopic (exact) mass is 515 g/mol. The van der Waals surface area contributed by atoms with Crippen molar-refractivity contribution in [2.45, 2.75) is 37.8 Å². The van der Waals surface area contributed by atoms with Gasteiger partial charge in [0.2, 0.25) is 11.8 Å². The van der Waals surface area contributed by atoms with Crippen LogP contribution >= 0.6 is 0 Å². The highest BCUT2D eigenvalue weighted by molar-refractivity contribution is 5.81. The molecule has 1 saturated carbocycles. The van der Waals surface area contributed by atoms with Crippen LogP contribution in [0.15, 0.2) is 59.9 Å². The third-order valence-corrected chi connectivity index (χ3v) is 7.28. The summed E-state index contributed by atoms with van der Waals surface area (Å²) >= 11 is 0. The maximum absolute atomic E-state index is 13.3. The Morgan fingerprint density at radius 2 is 1.95 bits per heavy atom. The van der Waals surface area contributed by atoms with E-state index in [1.807, 2.05) is 35.2 Å². The molecular formula is C27H29N7O4. The van der Waals surface area contributed by atoms with Crippen LogP contribution in [-0.2, 0) is 11.3 Å². The molecule has 38 heavy (non-hydrogen) atoms. The van der Waals surface area contributed by atoms with Gasteiger partial charge >= 0.3 is 0 Å². The van der Waals surface area contributed by atoms with Gasteiger partial charge in [-0.1, -0.05) is 6.07 Å². The van der Waals surface area contributed by atoms with Crippen LogP contribution in [0, 0.1) is 5.92 Å². The Morgan fingerprint density at radius 3 is 2.66 bits per heavy atom. The summed E-state index contributed by atoms with van der Waals surface area (Å²) in [4.78, 5) is 36.2. The summed E-state index contributed by atoms with van der Waals surface area (Å²) in [5.41, 5.74) is 1.47. The number of fused-ring (bicyclic) bond motifs is 1. The number of carbonyl (C=O) groups is 1. The molecule has 0 bridgehead atoms. The molecule has 1 amide bonds. The number of carbonyl (C=O) groups excluding carboxylic acids is 1. The number of likely N-dealkylation sites (tertiary alicyclic amines) is 1. The molecule has 196 valence electrons. The number of ether oxygens (including phenoxy) is 1. The van der Waals surface area contributed by atoms with E-state index in [0.717, 1.165) is 29.9 Å². The maximum atomic E-state index is 13.3. The number of rotatable bonds is 7. The van der Waals surface area contributed by atoms with Crippen LogP contribution in [0.2, 0.25) is 0 Å². The van der Waals surface area contributed by atoms with Gasteiger partial charge in [-0.3, -0.25) is 14.2 Å². The van der Waals surface area contributed by atoms with E-state index in [0.29, 0.717) is 42.8 Å². The van der Waals surface area contributed by atoms with Gasteiger partial charge in [-0.15, -0.1) is 0 Å². The lowest BCUT2D eigenvalue weighted by molar-refractivity contribution is -0.137. The van der Waals surface area contributed by atoms with Crippen molar-refractivity contribution in [3.05, 3.63) is 65.5 Å². The Balaban J connectivity index is 1.20. The van der Waals surface area contributed by atoms with Crippen molar-refractivity contribution >= 4 is 28.3 Å². The van der Waals surface area contributed by atoms with Gasteiger partial charge in [0.15, 0.2) is 5.65 Å². The van der Waals surface area contributed by atoms with Crippen LogP contribution in [0.25, 0.3) is 16.7 Å². The van der Waals surface area contributed by atoms with E-state index >= 15 is 0 Å². The number of benzene rings is 1. The predicted octanol–water partition coefficient (Wildman–Crippen LogP) is 2.49. The molecule has 2 N–H and O–H groups in total. The largest absolute Gasteiger partial charge is 0.481 e. The molecule has 0 spiro atoms. The second-order valence-electron chi connectivity index (χ2n) is 10.1. The number of anilines is 2. The molecular weight excluding hydrogens is 486 g/mol. The summed E-state index contributed by atoms with van der Waals surface area (Å²) < 4.78 is 8.17. The summed E-state index contributed by atoms with van der Waals surface area (Å²) in [7, 11) is 1.57. The number of nitrogens with one attached hydrogen (secondary N) is 1. The first-order valence-electron chi connectivity index (χ1n) is 12.7. The second kappa shape index (κ2) is 9.56. The Morgan fingerprint density at radius 1 is 1.13 bits per heavy atom. The molecule has 11 nitrogen and oxygen atoms in total. The molecule has 1 aliphatic heterocycles. The summed E-state index contributed by atoms with van der Waals surface area (Å²) in [6, 6.07) is 11.2. The SMILES string of the molecule is COc1ccc(Nc2cccc(-n3ncc4c(=O)n(CC5(O)CCN(C(=O)C6CC6)CC5)cnc43)c2)cn1. The predicted molar refractivity (Wildman–Crippen MR) is 141 cm³/mol. The quantitative estimate of drug-likeness (QED) is 0.384. The van der Waals surface area contributed by atoms with Gasteiger partial charge in [0, 0.05) is 30.8 Å². The molecule has 2 aliphatic rings. The van der Waals surface area contributed by atoms with Crippen LogP contribution in [-0.4, -0.2) is 66.0 Å². The Bertz CT molecular complexity index is 1530. The zero-order valence-corrected chi connectivity index (χ0v) is 21.1. The Hall–Kier alpha value is -4.25. The number of nitrogens with zero attached hydrogens (tertiary/aromatic N) is 6. The number of hydrogen-bond donors (Lipinski definition) is 2. The number of methoxy groups -OCH3 is 1. The van der Waals surface area contributed by atoms with Gasteiger partial charge in [0.05, 0.1) is 43.0 Å².